The van der Waals surface area contributed by atoms with Crippen molar-refractivity contribution in [1.82, 2.24) is 0 Å². The van der Waals surface area contributed by atoms with Crippen LogP contribution in [0, 0.1) is 18.6 Å². The van der Waals surface area contributed by atoms with Crippen LogP contribution in [0.1, 0.15) is 37.8 Å². The van der Waals surface area contributed by atoms with Gasteiger partial charge in [0, 0.05) is 12.0 Å². The number of aryl methyl sites for hydroxylation is 1. The Morgan fingerprint density at radius 2 is 1.65 bits per heavy atom. The molecule has 0 saturated heterocycles. The second-order valence-corrected chi connectivity index (χ2v) is 4.20. The minimum absolute atomic E-state index is 0.114. The van der Waals surface area contributed by atoms with Crippen LogP contribution >= 0.6 is 0 Å². The molecule has 0 unspecified atom stereocenters. The fraction of sp³-hybridized carbons (Fsp3) is 0.375. The summed E-state index contributed by atoms with van der Waals surface area (Å²) in [6.45, 7) is 5.49. The number of rotatable bonds is 2. The predicted octanol–water partition coefficient (Wildman–Crippen LogP) is 5.30. The Kier molecular flexibility index (Phi) is 5.86. The summed E-state index contributed by atoms with van der Waals surface area (Å²) in [6, 6.07) is 2.96. The normalized spacial score (nSPS) is 14.4. The third-order valence-electron chi connectivity index (χ3n) is 3.06. The van der Waals surface area contributed by atoms with Gasteiger partial charge in [0.2, 0.25) is 0 Å². The summed E-state index contributed by atoms with van der Waals surface area (Å²) in [5.74, 6) is -2.09. The molecule has 20 heavy (non-hydrogen) atoms. The molecule has 1 nitrogen and oxygen atoms in total. The molecule has 2 rings (SSSR count). The second-order valence-electron chi connectivity index (χ2n) is 4.20. The minimum atomic E-state index is -0.921. The number of allylic oxidation sites excluding steroid dienone is 4. The number of methoxy groups -OCH3 is 1. The average Bonchev–Trinajstić information content (AvgIpc) is 2.47. The van der Waals surface area contributed by atoms with Gasteiger partial charge in [0.15, 0.2) is 17.5 Å². The van der Waals surface area contributed by atoms with E-state index in [4.69, 9.17) is 4.74 Å². The lowest BCUT2D eigenvalue weighted by atomic mass is 9.94. The van der Waals surface area contributed by atoms with Gasteiger partial charge < -0.3 is 4.74 Å². The quantitative estimate of drug-likeness (QED) is 0.715. The van der Waals surface area contributed by atoms with E-state index < -0.39 is 17.5 Å². The lowest BCUT2D eigenvalue weighted by Crippen LogP contribution is -2.02. The van der Waals surface area contributed by atoms with Crippen LogP contribution in [0.25, 0.3) is 5.57 Å². The maximum absolute atomic E-state index is 13.8. The molecule has 0 fully saturated rings. The molecule has 0 spiro atoms. The van der Waals surface area contributed by atoms with Gasteiger partial charge in [0.25, 0.3) is 0 Å². The van der Waals surface area contributed by atoms with E-state index in [1.165, 1.54) is 32.2 Å². The van der Waals surface area contributed by atoms with Gasteiger partial charge in [-0.25, -0.2) is 13.2 Å². The molecule has 0 aromatic heterocycles. The van der Waals surface area contributed by atoms with Crippen molar-refractivity contribution < 1.29 is 17.9 Å². The van der Waals surface area contributed by atoms with Crippen molar-refractivity contribution in [2.24, 2.45) is 0 Å². The van der Waals surface area contributed by atoms with E-state index in [2.05, 4.69) is 0 Å². The lowest BCUT2D eigenvalue weighted by molar-refractivity contribution is 0.262. The van der Waals surface area contributed by atoms with Crippen molar-refractivity contribution in [1.29, 1.82) is 0 Å². The standard InChI is InChI=1S/C14H13F3O.C2H6/c1-8-3-5-10(14(17)13(8)16)9-4-6-12(18-2)11(15)7-9;1-2/h3,5,7H,4,6H2,1-2H3;1-2H3. The first kappa shape index (κ1) is 16.3. The molecule has 1 aliphatic rings. The Hall–Kier alpha value is -1.71. The van der Waals surface area contributed by atoms with Crippen molar-refractivity contribution in [2.75, 3.05) is 7.11 Å². The molecule has 0 atom stereocenters. The molecule has 1 aliphatic carbocycles. The van der Waals surface area contributed by atoms with Gasteiger partial charge in [0.05, 0.1) is 7.11 Å². The molecule has 0 saturated carbocycles. The average molecular weight is 284 g/mol. The largest absolute Gasteiger partial charge is 0.498 e. The second kappa shape index (κ2) is 7.17. The van der Waals surface area contributed by atoms with Gasteiger partial charge in [-0.2, -0.15) is 0 Å². The topological polar surface area (TPSA) is 9.23 Å². The summed E-state index contributed by atoms with van der Waals surface area (Å²) >= 11 is 0. The van der Waals surface area contributed by atoms with Crippen LogP contribution < -0.4 is 0 Å². The van der Waals surface area contributed by atoms with Gasteiger partial charge in [0.1, 0.15) is 5.76 Å². The fourth-order valence-electron chi connectivity index (χ4n) is 1.98. The molecule has 0 aliphatic heterocycles. The first-order valence-electron chi connectivity index (χ1n) is 6.62. The maximum atomic E-state index is 13.8. The third-order valence-corrected chi connectivity index (χ3v) is 3.06. The monoisotopic (exact) mass is 284 g/mol. The van der Waals surface area contributed by atoms with Gasteiger partial charge in [-0.1, -0.05) is 26.0 Å². The lowest BCUT2D eigenvalue weighted by Gasteiger charge is -2.16. The van der Waals surface area contributed by atoms with E-state index in [0.29, 0.717) is 18.4 Å². The molecular weight excluding hydrogens is 265 g/mol. The van der Waals surface area contributed by atoms with Crippen LogP contribution in [-0.4, -0.2) is 7.11 Å². The number of ether oxygens (including phenoxy) is 1. The zero-order valence-corrected chi connectivity index (χ0v) is 12.2. The van der Waals surface area contributed by atoms with Crippen LogP contribution in [0.2, 0.25) is 0 Å². The maximum Gasteiger partial charge on any atom is 0.166 e. The number of benzene rings is 1. The van der Waals surface area contributed by atoms with Crippen molar-refractivity contribution in [2.45, 2.75) is 33.6 Å². The van der Waals surface area contributed by atoms with Gasteiger partial charge >= 0.3 is 0 Å². The molecule has 4 heteroatoms. The summed E-state index contributed by atoms with van der Waals surface area (Å²) in [6.07, 6.45) is 1.98. The highest BCUT2D eigenvalue weighted by molar-refractivity contribution is 5.70. The summed E-state index contributed by atoms with van der Waals surface area (Å²) in [4.78, 5) is 0. The predicted molar refractivity (Wildman–Crippen MR) is 74.8 cm³/mol. The summed E-state index contributed by atoms with van der Waals surface area (Å²) in [5.41, 5.74) is 0.800. The molecule has 0 N–H and O–H groups in total. The van der Waals surface area contributed by atoms with Crippen LogP contribution in [0.5, 0.6) is 0 Å². The first-order valence-corrected chi connectivity index (χ1v) is 6.62. The number of halogens is 3. The van der Waals surface area contributed by atoms with E-state index in [0.717, 1.165) is 0 Å². The van der Waals surface area contributed by atoms with Crippen molar-refractivity contribution in [3.05, 3.63) is 52.6 Å². The van der Waals surface area contributed by atoms with Crippen LogP contribution in [-0.2, 0) is 4.74 Å². The van der Waals surface area contributed by atoms with Crippen LogP contribution in [0.15, 0.2) is 29.8 Å². The van der Waals surface area contributed by atoms with Crippen LogP contribution in [0.3, 0.4) is 0 Å². The molecule has 0 radical (unpaired) electrons. The zero-order chi connectivity index (χ0) is 15.3. The van der Waals surface area contributed by atoms with Gasteiger partial charge in [-0.15, -0.1) is 0 Å². The molecular formula is C16H19F3O. The Bertz CT molecular complexity index is 545. The summed E-state index contributed by atoms with van der Waals surface area (Å²) < 4.78 is 45.6. The van der Waals surface area contributed by atoms with Gasteiger partial charge in [-0.3, -0.25) is 0 Å². The van der Waals surface area contributed by atoms with E-state index in [1.807, 2.05) is 13.8 Å². The highest BCUT2D eigenvalue weighted by Crippen LogP contribution is 2.33. The fourth-order valence-corrected chi connectivity index (χ4v) is 1.98. The SMILES string of the molecule is CC.COC1=C(F)C=C(c2ccc(C)c(F)c2F)CC1. The highest BCUT2D eigenvalue weighted by atomic mass is 19.2. The van der Waals surface area contributed by atoms with Crippen molar-refractivity contribution in [3.63, 3.8) is 0 Å². The third kappa shape index (κ3) is 3.24. The van der Waals surface area contributed by atoms with Crippen molar-refractivity contribution >= 4 is 5.57 Å². The Morgan fingerprint density at radius 3 is 2.20 bits per heavy atom. The zero-order valence-electron chi connectivity index (χ0n) is 12.2. The minimum Gasteiger partial charge on any atom is -0.498 e. The van der Waals surface area contributed by atoms with E-state index in [9.17, 15) is 13.2 Å². The van der Waals surface area contributed by atoms with Gasteiger partial charge in [-0.05, 0) is 30.6 Å². The molecule has 110 valence electrons. The van der Waals surface area contributed by atoms with E-state index in [-0.39, 0.29) is 16.9 Å². The Labute approximate surface area is 117 Å². The molecule has 0 amide bonds. The smallest absolute Gasteiger partial charge is 0.166 e. The molecule has 0 heterocycles. The highest BCUT2D eigenvalue weighted by Gasteiger charge is 2.19. The van der Waals surface area contributed by atoms with E-state index >= 15 is 0 Å². The molecule has 1 aromatic rings. The Balaban J connectivity index is 0.000000956. The van der Waals surface area contributed by atoms with E-state index in [1.54, 1.807) is 0 Å². The number of hydrogen-bond donors (Lipinski definition) is 0. The Morgan fingerprint density at radius 1 is 1.00 bits per heavy atom. The van der Waals surface area contributed by atoms with Crippen molar-refractivity contribution in [3.8, 4) is 0 Å². The molecule has 1 aromatic carbocycles. The van der Waals surface area contributed by atoms with Crippen LogP contribution in [0.4, 0.5) is 13.2 Å². The summed E-state index contributed by atoms with van der Waals surface area (Å²) in [7, 11) is 1.39. The number of hydrogen-bond acceptors (Lipinski definition) is 1. The first-order chi connectivity index (χ1) is 9.54. The molecule has 0 bridgehead atoms. The summed E-state index contributed by atoms with van der Waals surface area (Å²) in [5, 5.41) is 0.